The van der Waals surface area contributed by atoms with Gasteiger partial charge in [-0.15, -0.1) is 0 Å². The normalized spacial score (nSPS) is 54.9. The molecule has 0 N–H and O–H groups in total. The van der Waals surface area contributed by atoms with Gasteiger partial charge < -0.3 is 0 Å². The van der Waals surface area contributed by atoms with Gasteiger partial charge in [0.25, 0.3) is 0 Å². The van der Waals surface area contributed by atoms with Crippen molar-refractivity contribution in [3.8, 4) is 0 Å². The Balaban J connectivity index is 1.41. The first-order valence-corrected chi connectivity index (χ1v) is 9.64. The highest BCUT2D eigenvalue weighted by Crippen LogP contribution is 2.56. The molecular weight excluding hydrogens is 242 g/mol. The topological polar surface area (TPSA) is 3.24 Å². The van der Waals surface area contributed by atoms with E-state index in [0.717, 1.165) is 41.7 Å². The van der Waals surface area contributed by atoms with Crippen LogP contribution < -0.4 is 0 Å². The van der Waals surface area contributed by atoms with E-state index >= 15 is 0 Å². The minimum absolute atomic E-state index is 1.00. The number of rotatable bonds is 1. The lowest BCUT2D eigenvalue weighted by Gasteiger charge is -2.60. The Hall–Kier alpha value is -0.0400. The van der Waals surface area contributed by atoms with Gasteiger partial charge in [-0.05, 0) is 93.9 Å². The lowest BCUT2D eigenvalue weighted by Crippen LogP contribution is -2.61. The van der Waals surface area contributed by atoms with Gasteiger partial charge in [-0.25, -0.2) is 0 Å². The minimum Gasteiger partial charge on any atom is -0.297 e. The summed E-state index contributed by atoms with van der Waals surface area (Å²) in [6.45, 7) is 1.45. The van der Waals surface area contributed by atoms with Gasteiger partial charge in [0, 0.05) is 12.1 Å². The van der Waals surface area contributed by atoms with E-state index in [1.165, 1.54) is 32.2 Å². The molecule has 6 aliphatic rings. The van der Waals surface area contributed by atoms with Gasteiger partial charge in [0.1, 0.15) is 0 Å². The molecule has 6 rings (SSSR count). The zero-order valence-electron chi connectivity index (χ0n) is 13.0. The van der Waals surface area contributed by atoms with Crippen molar-refractivity contribution in [3.05, 3.63) is 0 Å². The van der Waals surface area contributed by atoms with Crippen LogP contribution in [0.1, 0.15) is 70.6 Å². The Morgan fingerprint density at radius 2 is 1.25 bits per heavy atom. The second-order valence-electron chi connectivity index (χ2n) is 8.91. The fourth-order valence-corrected chi connectivity index (χ4v) is 7.47. The smallest absolute Gasteiger partial charge is 0.0155 e. The van der Waals surface area contributed by atoms with Gasteiger partial charge in [-0.3, -0.25) is 4.90 Å². The van der Waals surface area contributed by atoms with E-state index in [1.54, 1.807) is 44.9 Å². The van der Waals surface area contributed by atoms with Crippen LogP contribution in [0.5, 0.6) is 0 Å². The second-order valence-corrected chi connectivity index (χ2v) is 8.91. The number of nitrogens with zero attached hydrogens (tertiary/aromatic N) is 1. The van der Waals surface area contributed by atoms with Crippen LogP contribution in [-0.4, -0.2) is 23.5 Å². The quantitative estimate of drug-likeness (QED) is 0.681. The molecule has 0 aromatic carbocycles. The summed E-state index contributed by atoms with van der Waals surface area (Å²) in [6.07, 6.45) is 17.2. The van der Waals surface area contributed by atoms with Crippen LogP contribution in [0, 0.1) is 29.6 Å². The second kappa shape index (κ2) is 4.73. The van der Waals surface area contributed by atoms with Gasteiger partial charge in [0.2, 0.25) is 0 Å². The lowest BCUT2D eigenvalue weighted by molar-refractivity contribution is -0.101. The zero-order valence-corrected chi connectivity index (χ0v) is 13.0. The lowest BCUT2D eigenvalue weighted by atomic mass is 9.53. The molecule has 4 bridgehead atoms. The van der Waals surface area contributed by atoms with Gasteiger partial charge in [-0.2, -0.15) is 0 Å². The molecular formula is C19H31N. The molecule has 1 saturated heterocycles. The van der Waals surface area contributed by atoms with E-state index in [2.05, 4.69) is 4.90 Å². The summed E-state index contributed by atoms with van der Waals surface area (Å²) < 4.78 is 0. The molecule has 1 aliphatic heterocycles. The van der Waals surface area contributed by atoms with E-state index in [0.29, 0.717) is 0 Å². The fourth-order valence-electron chi connectivity index (χ4n) is 7.47. The van der Waals surface area contributed by atoms with Crippen LogP contribution in [0.2, 0.25) is 0 Å². The fraction of sp³-hybridized carbons (Fsp3) is 1.00. The Kier molecular flexibility index (Phi) is 2.96. The molecule has 20 heavy (non-hydrogen) atoms. The average molecular weight is 273 g/mol. The SMILES string of the molecule is C1CCC2C(C1)CCCN2C1C2CC3CC(C2)CC1C3. The van der Waals surface area contributed by atoms with Crippen LogP contribution in [-0.2, 0) is 0 Å². The van der Waals surface area contributed by atoms with E-state index in [9.17, 15) is 0 Å². The van der Waals surface area contributed by atoms with Crippen LogP contribution in [0.3, 0.4) is 0 Å². The summed E-state index contributed by atoms with van der Waals surface area (Å²) in [5.41, 5.74) is 0. The van der Waals surface area contributed by atoms with Gasteiger partial charge >= 0.3 is 0 Å². The zero-order chi connectivity index (χ0) is 13.1. The summed E-state index contributed by atoms with van der Waals surface area (Å²) in [5.74, 6) is 5.56. The maximum Gasteiger partial charge on any atom is 0.0155 e. The Morgan fingerprint density at radius 3 is 2.00 bits per heavy atom. The summed E-state index contributed by atoms with van der Waals surface area (Å²) in [5, 5.41) is 0. The predicted molar refractivity (Wildman–Crippen MR) is 82.5 cm³/mol. The summed E-state index contributed by atoms with van der Waals surface area (Å²) in [7, 11) is 0. The molecule has 6 fully saturated rings. The van der Waals surface area contributed by atoms with Gasteiger partial charge in [0.05, 0.1) is 0 Å². The number of hydrogen-bond donors (Lipinski definition) is 0. The van der Waals surface area contributed by atoms with Crippen LogP contribution in [0.15, 0.2) is 0 Å². The van der Waals surface area contributed by atoms with Crippen molar-refractivity contribution in [2.75, 3.05) is 6.54 Å². The standard InChI is InChI=1S/C19H31N/c1-2-6-18-15(4-1)5-3-7-20(18)19-16-9-13-8-14(11-16)12-17(19)10-13/h13-19H,1-12H2. The number of likely N-dealkylation sites (tertiary alicyclic amines) is 1. The molecule has 2 unspecified atom stereocenters. The van der Waals surface area contributed by atoms with Crippen LogP contribution >= 0.6 is 0 Å². The highest BCUT2D eigenvalue weighted by molar-refractivity contribution is 5.04. The molecule has 1 nitrogen and oxygen atoms in total. The van der Waals surface area contributed by atoms with E-state index in [4.69, 9.17) is 0 Å². The molecule has 0 aromatic rings. The molecule has 1 heterocycles. The maximum absolute atomic E-state index is 3.10. The van der Waals surface area contributed by atoms with Crippen molar-refractivity contribution >= 4 is 0 Å². The largest absolute Gasteiger partial charge is 0.297 e. The van der Waals surface area contributed by atoms with Crippen LogP contribution in [0.25, 0.3) is 0 Å². The Morgan fingerprint density at radius 1 is 0.600 bits per heavy atom. The first-order valence-electron chi connectivity index (χ1n) is 9.64. The molecule has 2 atom stereocenters. The van der Waals surface area contributed by atoms with Crippen molar-refractivity contribution in [2.24, 2.45) is 29.6 Å². The van der Waals surface area contributed by atoms with Crippen LogP contribution in [0.4, 0.5) is 0 Å². The Bertz CT molecular complexity index is 346. The molecule has 1 heteroatoms. The minimum atomic E-state index is 1.00. The summed E-state index contributed by atoms with van der Waals surface area (Å²) >= 11 is 0. The Labute approximate surface area is 124 Å². The van der Waals surface area contributed by atoms with Gasteiger partial charge in [0.15, 0.2) is 0 Å². The first kappa shape index (κ1) is 12.5. The maximum atomic E-state index is 3.10. The highest BCUT2D eigenvalue weighted by atomic mass is 15.2. The van der Waals surface area contributed by atoms with Gasteiger partial charge in [-0.1, -0.05) is 12.8 Å². The van der Waals surface area contributed by atoms with E-state index in [-0.39, 0.29) is 0 Å². The number of piperidine rings is 1. The predicted octanol–water partition coefficient (Wildman–Crippen LogP) is 4.47. The molecule has 5 saturated carbocycles. The third-order valence-corrected chi connectivity index (χ3v) is 7.85. The van der Waals surface area contributed by atoms with Crippen molar-refractivity contribution in [2.45, 2.75) is 82.7 Å². The number of hydrogen-bond acceptors (Lipinski definition) is 1. The monoisotopic (exact) mass is 273 g/mol. The summed E-state index contributed by atoms with van der Waals surface area (Å²) in [4.78, 5) is 3.10. The average Bonchev–Trinajstić information content (AvgIpc) is 2.46. The molecule has 5 aliphatic carbocycles. The highest BCUT2D eigenvalue weighted by Gasteiger charge is 2.52. The molecule has 0 spiro atoms. The molecule has 0 radical (unpaired) electrons. The third kappa shape index (κ3) is 1.84. The molecule has 112 valence electrons. The van der Waals surface area contributed by atoms with Crippen molar-refractivity contribution in [1.82, 2.24) is 4.90 Å². The van der Waals surface area contributed by atoms with Crippen molar-refractivity contribution in [3.63, 3.8) is 0 Å². The summed E-state index contributed by atoms with van der Waals surface area (Å²) in [6, 6.07) is 2.02. The van der Waals surface area contributed by atoms with E-state index in [1.807, 2.05) is 0 Å². The third-order valence-electron chi connectivity index (χ3n) is 7.85. The van der Waals surface area contributed by atoms with Crippen molar-refractivity contribution in [1.29, 1.82) is 0 Å². The molecule has 0 amide bonds. The first-order chi connectivity index (χ1) is 9.88. The molecule has 0 aromatic heterocycles. The number of fused-ring (bicyclic) bond motifs is 1. The van der Waals surface area contributed by atoms with E-state index < -0.39 is 0 Å². The van der Waals surface area contributed by atoms with Crippen molar-refractivity contribution < 1.29 is 0 Å².